The van der Waals surface area contributed by atoms with Gasteiger partial charge in [-0.15, -0.1) is 0 Å². The van der Waals surface area contributed by atoms with Gasteiger partial charge in [-0.3, -0.25) is 5.01 Å². The largest absolute Gasteiger partial charge is 0.458 e. The summed E-state index contributed by atoms with van der Waals surface area (Å²) in [5.41, 5.74) is 0.885. The number of epoxide rings is 1. The van der Waals surface area contributed by atoms with Gasteiger partial charge >= 0.3 is 0 Å². The summed E-state index contributed by atoms with van der Waals surface area (Å²) in [6.07, 6.45) is -0.246. The van der Waals surface area contributed by atoms with E-state index in [2.05, 4.69) is 0 Å². The minimum absolute atomic E-state index is 0.0834. The quantitative estimate of drug-likeness (QED) is 0.446. The van der Waals surface area contributed by atoms with Gasteiger partial charge in [0.2, 0.25) is 12.5 Å². The summed E-state index contributed by atoms with van der Waals surface area (Å²) < 4.78 is 10.6. The van der Waals surface area contributed by atoms with Gasteiger partial charge in [0.15, 0.2) is 0 Å². The van der Waals surface area contributed by atoms with Crippen molar-refractivity contribution >= 4 is 5.69 Å². The highest BCUT2D eigenvalue weighted by Crippen LogP contribution is 2.41. The molecule has 0 aliphatic carbocycles. The lowest BCUT2D eigenvalue weighted by Crippen LogP contribution is -2.38. The number of hydrogen-bond donors (Lipinski definition) is 1. The summed E-state index contributed by atoms with van der Waals surface area (Å²) in [6.45, 7) is 0. The maximum atomic E-state index is 5.76. The van der Waals surface area contributed by atoms with Crippen molar-refractivity contribution in [3.05, 3.63) is 24.3 Å². The highest BCUT2D eigenvalue weighted by Gasteiger charge is 2.49. The molecular weight excluding hydrogens is 156 g/mol. The molecule has 0 bridgehead atoms. The topological polar surface area (TPSA) is 51.0 Å². The van der Waals surface area contributed by atoms with Gasteiger partial charge in [0.25, 0.3) is 0 Å². The molecule has 2 N–H and O–H groups in total. The lowest BCUT2D eigenvalue weighted by molar-refractivity contribution is 0.181. The van der Waals surface area contributed by atoms with Gasteiger partial charge in [-0.1, -0.05) is 12.1 Å². The number of nitrogens with two attached hydrogens (primary N) is 1. The van der Waals surface area contributed by atoms with Crippen LogP contribution in [0.4, 0.5) is 5.69 Å². The Bertz CT molecular complexity index is 329. The van der Waals surface area contributed by atoms with E-state index in [1.54, 1.807) is 5.01 Å². The maximum absolute atomic E-state index is 5.76. The molecule has 12 heavy (non-hydrogen) atoms. The molecule has 1 aromatic rings. The first-order chi connectivity index (χ1) is 5.86. The summed E-state index contributed by atoms with van der Waals surface area (Å²) in [5.74, 6) is 6.55. The summed E-state index contributed by atoms with van der Waals surface area (Å²) in [6, 6.07) is 7.63. The number of ether oxygens (including phenoxy) is 2. The summed E-state index contributed by atoms with van der Waals surface area (Å²) in [7, 11) is 0. The van der Waals surface area contributed by atoms with E-state index in [-0.39, 0.29) is 12.5 Å². The van der Waals surface area contributed by atoms with Crippen molar-refractivity contribution in [3.63, 3.8) is 0 Å². The summed E-state index contributed by atoms with van der Waals surface area (Å²) in [4.78, 5) is 0. The van der Waals surface area contributed by atoms with Gasteiger partial charge in [-0.05, 0) is 12.1 Å². The van der Waals surface area contributed by atoms with Crippen molar-refractivity contribution in [1.82, 2.24) is 0 Å². The van der Waals surface area contributed by atoms with E-state index in [4.69, 9.17) is 15.3 Å². The molecule has 0 radical (unpaired) electrons. The van der Waals surface area contributed by atoms with Crippen LogP contribution in [0.5, 0.6) is 5.75 Å². The molecule has 1 saturated heterocycles. The third kappa shape index (κ3) is 0.680. The number of rotatable bonds is 0. The average Bonchev–Trinajstić information content (AvgIpc) is 2.84. The highest BCUT2D eigenvalue weighted by atomic mass is 16.8. The lowest BCUT2D eigenvalue weighted by Gasteiger charge is -2.22. The number of benzene rings is 1. The van der Waals surface area contributed by atoms with Crippen LogP contribution in [0, 0.1) is 0 Å². The molecule has 0 aromatic heterocycles. The predicted octanol–water partition coefficient (Wildman–Crippen LogP) is 0.442. The molecule has 62 valence electrons. The molecule has 1 aromatic carbocycles. The van der Waals surface area contributed by atoms with Crippen LogP contribution < -0.4 is 15.6 Å². The molecule has 2 aliphatic rings. The van der Waals surface area contributed by atoms with Crippen molar-refractivity contribution in [2.75, 3.05) is 5.01 Å². The van der Waals surface area contributed by atoms with E-state index >= 15 is 0 Å². The van der Waals surface area contributed by atoms with E-state index in [1.807, 2.05) is 24.3 Å². The van der Waals surface area contributed by atoms with Gasteiger partial charge in [-0.25, -0.2) is 5.84 Å². The predicted molar refractivity (Wildman–Crippen MR) is 42.4 cm³/mol. The third-order valence-electron chi connectivity index (χ3n) is 2.09. The molecule has 0 saturated carbocycles. The third-order valence-corrected chi connectivity index (χ3v) is 2.09. The number of anilines is 1. The van der Waals surface area contributed by atoms with Gasteiger partial charge in [0.05, 0.1) is 5.69 Å². The molecule has 3 rings (SSSR count). The Morgan fingerprint density at radius 3 is 3.08 bits per heavy atom. The molecule has 4 nitrogen and oxygen atoms in total. The van der Waals surface area contributed by atoms with Crippen LogP contribution >= 0.6 is 0 Å². The van der Waals surface area contributed by atoms with Gasteiger partial charge < -0.3 is 9.47 Å². The Hall–Kier alpha value is -1.26. The molecule has 2 aliphatic heterocycles. The smallest absolute Gasteiger partial charge is 0.249 e. The summed E-state index contributed by atoms with van der Waals surface area (Å²) >= 11 is 0. The molecule has 2 atom stereocenters. The first-order valence-electron chi connectivity index (χ1n) is 3.81. The van der Waals surface area contributed by atoms with Gasteiger partial charge in [0.1, 0.15) is 5.75 Å². The van der Waals surface area contributed by atoms with Crippen LogP contribution in [0.25, 0.3) is 0 Å². The van der Waals surface area contributed by atoms with Crippen molar-refractivity contribution < 1.29 is 9.47 Å². The Morgan fingerprint density at radius 2 is 2.17 bits per heavy atom. The number of nitrogens with zero attached hydrogens (tertiary/aromatic N) is 1. The fourth-order valence-electron chi connectivity index (χ4n) is 1.41. The second kappa shape index (κ2) is 1.91. The molecule has 2 heterocycles. The lowest BCUT2D eigenvalue weighted by atomic mass is 10.2. The molecule has 2 unspecified atom stereocenters. The fourth-order valence-corrected chi connectivity index (χ4v) is 1.41. The van der Waals surface area contributed by atoms with Crippen molar-refractivity contribution in [2.45, 2.75) is 12.5 Å². The molecule has 0 spiro atoms. The fraction of sp³-hybridized carbons (Fsp3) is 0.250. The van der Waals surface area contributed by atoms with E-state index in [0.29, 0.717) is 0 Å². The molecule has 1 fully saturated rings. The zero-order valence-corrected chi connectivity index (χ0v) is 6.31. The van der Waals surface area contributed by atoms with Crippen LogP contribution in [0.1, 0.15) is 0 Å². The van der Waals surface area contributed by atoms with E-state index in [9.17, 15) is 0 Å². The minimum Gasteiger partial charge on any atom is -0.458 e. The first kappa shape index (κ1) is 6.28. The molecule has 0 amide bonds. The van der Waals surface area contributed by atoms with E-state index in [0.717, 1.165) is 11.4 Å². The molecule has 4 heteroatoms. The normalized spacial score (nSPS) is 30.2. The van der Waals surface area contributed by atoms with Crippen molar-refractivity contribution in [2.24, 2.45) is 5.84 Å². The number of para-hydroxylation sites is 2. The minimum atomic E-state index is -0.162. The van der Waals surface area contributed by atoms with Crippen LogP contribution in [0.15, 0.2) is 24.3 Å². The van der Waals surface area contributed by atoms with Crippen LogP contribution in [0.2, 0.25) is 0 Å². The number of hydrogen-bond acceptors (Lipinski definition) is 4. The van der Waals surface area contributed by atoms with Crippen LogP contribution in [-0.2, 0) is 4.74 Å². The van der Waals surface area contributed by atoms with Crippen molar-refractivity contribution in [1.29, 1.82) is 0 Å². The van der Waals surface area contributed by atoms with Gasteiger partial charge in [0, 0.05) is 0 Å². The van der Waals surface area contributed by atoms with Crippen LogP contribution in [0.3, 0.4) is 0 Å². The monoisotopic (exact) mass is 164 g/mol. The standard InChI is InChI=1S/C8H8N2O2/c9-10-5-3-1-2-4-6(5)11-8-7(10)12-8/h1-4,7-8H,9H2. The highest BCUT2D eigenvalue weighted by molar-refractivity contribution is 5.60. The van der Waals surface area contributed by atoms with Crippen molar-refractivity contribution in [3.8, 4) is 5.75 Å². The molecular formula is C8H8N2O2. The maximum Gasteiger partial charge on any atom is 0.249 e. The Morgan fingerprint density at radius 1 is 1.33 bits per heavy atom. The number of fused-ring (bicyclic) bond motifs is 2. The zero-order valence-electron chi connectivity index (χ0n) is 6.31. The second-order valence-corrected chi connectivity index (χ2v) is 2.89. The van der Waals surface area contributed by atoms with Crippen LogP contribution in [-0.4, -0.2) is 12.5 Å². The Labute approximate surface area is 69.4 Å². The first-order valence-corrected chi connectivity index (χ1v) is 3.81. The average molecular weight is 164 g/mol. The van der Waals surface area contributed by atoms with Gasteiger partial charge in [-0.2, -0.15) is 0 Å². The SMILES string of the molecule is NN1c2ccccc2OC2OC21. The Kier molecular flexibility index (Phi) is 0.999. The second-order valence-electron chi connectivity index (χ2n) is 2.89. The number of hydrazine groups is 1. The Balaban J connectivity index is 2.11. The van der Waals surface area contributed by atoms with E-state index in [1.165, 1.54) is 0 Å². The summed E-state index contributed by atoms with van der Waals surface area (Å²) in [5, 5.41) is 1.60. The van der Waals surface area contributed by atoms with E-state index < -0.39 is 0 Å². The zero-order chi connectivity index (χ0) is 8.13.